The zero-order chi connectivity index (χ0) is 16.7. The number of hydrogen-bond donors (Lipinski definition) is 1. The number of carbonyl (C=O) groups excluding carboxylic acids is 1. The van der Waals surface area contributed by atoms with E-state index in [2.05, 4.69) is 5.32 Å². The van der Waals surface area contributed by atoms with E-state index in [9.17, 15) is 4.79 Å². The van der Waals surface area contributed by atoms with Crippen molar-refractivity contribution in [3.8, 4) is 0 Å². The van der Waals surface area contributed by atoms with Gasteiger partial charge in [0, 0.05) is 35.1 Å². The van der Waals surface area contributed by atoms with Gasteiger partial charge in [-0.1, -0.05) is 11.6 Å². The van der Waals surface area contributed by atoms with E-state index in [1.54, 1.807) is 0 Å². The smallest absolute Gasteiger partial charge is 0.254 e. The summed E-state index contributed by atoms with van der Waals surface area (Å²) in [4.78, 5) is 19.9. The SMILES string of the molecule is CNCC1CCN(C(=O)c2cc(C3CC3)nc3ccc(Cl)cc23)C1. The van der Waals surface area contributed by atoms with Crippen LogP contribution < -0.4 is 5.32 Å². The number of carbonyl (C=O) groups is 1. The highest BCUT2D eigenvalue weighted by Gasteiger charge is 2.30. The molecule has 2 aliphatic rings. The van der Waals surface area contributed by atoms with Crippen LogP contribution in [0.4, 0.5) is 0 Å². The van der Waals surface area contributed by atoms with Gasteiger partial charge in [0.1, 0.15) is 0 Å². The van der Waals surface area contributed by atoms with Gasteiger partial charge in [-0.3, -0.25) is 9.78 Å². The van der Waals surface area contributed by atoms with Crippen LogP contribution in [0.3, 0.4) is 0 Å². The lowest BCUT2D eigenvalue weighted by atomic mass is 10.0. The fourth-order valence-electron chi connectivity index (χ4n) is 3.63. The molecule has 24 heavy (non-hydrogen) atoms. The topological polar surface area (TPSA) is 45.2 Å². The molecule has 4 nitrogen and oxygen atoms in total. The van der Waals surface area contributed by atoms with E-state index in [1.807, 2.05) is 36.2 Å². The van der Waals surface area contributed by atoms with Crippen molar-refractivity contribution in [3.63, 3.8) is 0 Å². The molecule has 1 atom stereocenters. The molecule has 2 aromatic rings. The molecule has 1 unspecified atom stereocenters. The predicted molar refractivity (Wildman–Crippen MR) is 96.7 cm³/mol. The average molecular weight is 344 g/mol. The summed E-state index contributed by atoms with van der Waals surface area (Å²) in [5.74, 6) is 1.18. The van der Waals surface area contributed by atoms with E-state index in [0.29, 0.717) is 16.9 Å². The average Bonchev–Trinajstić information content (AvgIpc) is 3.33. The van der Waals surface area contributed by atoms with Gasteiger partial charge in [-0.2, -0.15) is 0 Å². The Labute approximate surface area is 147 Å². The predicted octanol–water partition coefficient (Wildman–Crippen LogP) is 3.45. The molecule has 4 rings (SSSR count). The molecule has 2 fully saturated rings. The van der Waals surface area contributed by atoms with Crippen molar-refractivity contribution in [3.05, 3.63) is 40.5 Å². The second-order valence-electron chi connectivity index (χ2n) is 6.99. The Balaban J connectivity index is 1.71. The molecule has 1 aromatic heterocycles. The van der Waals surface area contributed by atoms with E-state index < -0.39 is 0 Å². The van der Waals surface area contributed by atoms with Gasteiger partial charge >= 0.3 is 0 Å². The van der Waals surface area contributed by atoms with Gasteiger partial charge in [-0.15, -0.1) is 0 Å². The Bertz CT molecular complexity index is 788. The van der Waals surface area contributed by atoms with Crippen LogP contribution in [-0.4, -0.2) is 42.5 Å². The molecule has 1 aliphatic heterocycles. The summed E-state index contributed by atoms with van der Waals surface area (Å²) >= 11 is 6.17. The van der Waals surface area contributed by atoms with Gasteiger partial charge in [-0.25, -0.2) is 0 Å². The van der Waals surface area contributed by atoms with E-state index in [1.165, 1.54) is 12.8 Å². The molecule has 2 heterocycles. The second kappa shape index (κ2) is 6.34. The molecule has 0 radical (unpaired) electrons. The van der Waals surface area contributed by atoms with Gasteiger partial charge < -0.3 is 10.2 Å². The third-order valence-corrected chi connectivity index (χ3v) is 5.32. The number of halogens is 1. The molecule has 1 saturated carbocycles. The standard InChI is InChI=1S/C19H22ClN3O/c1-21-10-12-6-7-23(11-12)19(24)16-9-18(13-2-3-13)22-17-5-4-14(20)8-15(16)17/h4-5,8-9,12-13,21H,2-3,6-7,10-11H2,1H3. The maximum atomic E-state index is 13.2. The van der Waals surface area contributed by atoms with Crippen molar-refractivity contribution >= 4 is 28.4 Å². The maximum absolute atomic E-state index is 13.2. The van der Waals surface area contributed by atoms with Crippen LogP contribution >= 0.6 is 11.6 Å². The van der Waals surface area contributed by atoms with Gasteiger partial charge in [0.15, 0.2) is 0 Å². The number of nitrogens with zero attached hydrogens (tertiary/aromatic N) is 2. The fraction of sp³-hybridized carbons (Fsp3) is 0.474. The zero-order valence-electron chi connectivity index (χ0n) is 13.9. The van der Waals surface area contributed by atoms with Crippen molar-refractivity contribution in [2.45, 2.75) is 25.2 Å². The first kappa shape index (κ1) is 15.9. The summed E-state index contributed by atoms with van der Waals surface area (Å²) in [6.45, 7) is 2.61. The number of benzene rings is 1. The first-order valence-electron chi connectivity index (χ1n) is 8.70. The highest BCUT2D eigenvalue weighted by atomic mass is 35.5. The molecule has 1 amide bonds. The molecule has 0 bridgehead atoms. The number of fused-ring (bicyclic) bond motifs is 1. The highest BCUT2D eigenvalue weighted by Crippen LogP contribution is 2.40. The summed E-state index contributed by atoms with van der Waals surface area (Å²) in [5, 5.41) is 4.73. The third kappa shape index (κ3) is 3.01. The van der Waals surface area contributed by atoms with Crippen molar-refractivity contribution in [1.82, 2.24) is 15.2 Å². The first-order chi connectivity index (χ1) is 11.7. The minimum absolute atomic E-state index is 0.116. The molecule has 0 spiro atoms. The number of nitrogens with one attached hydrogen (secondary N) is 1. The second-order valence-corrected chi connectivity index (χ2v) is 7.43. The van der Waals surface area contributed by atoms with Crippen LogP contribution in [0.5, 0.6) is 0 Å². The van der Waals surface area contributed by atoms with Gasteiger partial charge in [0.25, 0.3) is 5.91 Å². The van der Waals surface area contributed by atoms with Gasteiger partial charge in [0.05, 0.1) is 11.1 Å². The van der Waals surface area contributed by atoms with Crippen LogP contribution in [0.1, 0.15) is 41.2 Å². The molecule has 1 aromatic carbocycles. The number of hydrogen-bond acceptors (Lipinski definition) is 3. The molecule has 1 aliphatic carbocycles. The number of rotatable bonds is 4. The molecular weight excluding hydrogens is 322 g/mol. The molecule has 1 saturated heterocycles. The minimum atomic E-state index is 0.116. The summed E-state index contributed by atoms with van der Waals surface area (Å²) < 4.78 is 0. The molecule has 126 valence electrons. The Morgan fingerprint density at radius 1 is 1.33 bits per heavy atom. The molecular formula is C19H22ClN3O. The fourth-order valence-corrected chi connectivity index (χ4v) is 3.80. The van der Waals surface area contributed by atoms with Crippen molar-refractivity contribution < 1.29 is 4.79 Å². The van der Waals surface area contributed by atoms with Crippen LogP contribution in [0.25, 0.3) is 10.9 Å². The monoisotopic (exact) mass is 343 g/mol. The lowest BCUT2D eigenvalue weighted by molar-refractivity contribution is 0.0789. The number of amides is 1. The highest BCUT2D eigenvalue weighted by molar-refractivity contribution is 6.31. The van der Waals surface area contributed by atoms with Crippen LogP contribution in [0.15, 0.2) is 24.3 Å². The first-order valence-corrected chi connectivity index (χ1v) is 9.07. The van der Waals surface area contributed by atoms with Gasteiger partial charge in [-0.05, 0) is 63.0 Å². The van der Waals surface area contributed by atoms with Gasteiger partial charge in [0.2, 0.25) is 0 Å². The lowest BCUT2D eigenvalue weighted by Crippen LogP contribution is -2.30. The summed E-state index contributed by atoms with van der Waals surface area (Å²) in [5.41, 5.74) is 2.69. The Morgan fingerprint density at radius 3 is 2.92 bits per heavy atom. The Hall–Kier alpha value is -1.65. The lowest BCUT2D eigenvalue weighted by Gasteiger charge is -2.18. The summed E-state index contributed by atoms with van der Waals surface area (Å²) in [6, 6.07) is 7.65. The van der Waals surface area contributed by atoms with E-state index >= 15 is 0 Å². The van der Waals surface area contributed by atoms with Crippen molar-refractivity contribution in [2.75, 3.05) is 26.7 Å². The largest absolute Gasteiger partial charge is 0.338 e. The minimum Gasteiger partial charge on any atom is -0.338 e. The number of pyridine rings is 1. The Kier molecular flexibility index (Phi) is 4.19. The summed E-state index contributed by atoms with van der Waals surface area (Å²) in [6.07, 6.45) is 3.41. The van der Waals surface area contributed by atoms with Crippen LogP contribution in [-0.2, 0) is 0 Å². The van der Waals surface area contributed by atoms with E-state index in [4.69, 9.17) is 16.6 Å². The molecule has 1 N–H and O–H groups in total. The van der Waals surface area contributed by atoms with Crippen molar-refractivity contribution in [2.24, 2.45) is 5.92 Å². The normalized spacial score (nSPS) is 20.8. The zero-order valence-corrected chi connectivity index (χ0v) is 14.6. The molecule has 5 heteroatoms. The quantitative estimate of drug-likeness (QED) is 0.924. The number of aromatic nitrogens is 1. The third-order valence-electron chi connectivity index (χ3n) is 5.08. The van der Waals surface area contributed by atoms with E-state index in [0.717, 1.165) is 48.2 Å². The van der Waals surface area contributed by atoms with Crippen LogP contribution in [0, 0.1) is 5.92 Å². The van der Waals surface area contributed by atoms with E-state index in [-0.39, 0.29) is 5.91 Å². The Morgan fingerprint density at radius 2 is 2.17 bits per heavy atom. The maximum Gasteiger partial charge on any atom is 0.254 e. The summed E-state index contributed by atoms with van der Waals surface area (Å²) in [7, 11) is 1.96. The van der Waals surface area contributed by atoms with Crippen LogP contribution in [0.2, 0.25) is 5.02 Å². The van der Waals surface area contributed by atoms with Crippen molar-refractivity contribution in [1.29, 1.82) is 0 Å². The number of likely N-dealkylation sites (tertiary alicyclic amines) is 1.